The number of nitrogens with zero attached hydrogens (tertiary/aromatic N) is 2. The maximum absolute atomic E-state index is 6.14. The molecule has 1 aliphatic rings. The third-order valence-corrected chi connectivity index (χ3v) is 3.40. The second-order valence-electron chi connectivity index (χ2n) is 4.35. The van der Waals surface area contributed by atoms with Gasteiger partial charge in [-0.1, -0.05) is 18.5 Å². The monoisotopic (exact) mass is 224 g/mol. The third-order valence-electron chi connectivity index (χ3n) is 3.11. The van der Waals surface area contributed by atoms with Gasteiger partial charge in [-0.05, 0) is 31.2 Å². The molecule has 0 aliphatic carbocycles. The highest BCUT2D eigenvalue weighted by Crippen LogP contribution is 2.27. The maximum atomic E-state index is 6.14. The fraction of sp³-hybridized carbons (Fsp3) is 0.583. The van der Waals surface area contributed by atoms with Gasteiger partial charge < -0.3 is 4.90 Å². The molecule has 0 bridgehead atoms. The first kappa shape index (κ1) is 10.7. The van der Waals surface area contributed by atoms with Crippen molar-refractivity contribution in [3.63, 3.8) is 0 Å². The van der Waals surface area contributed by atoms with Crippen molar-refractivity contribution < 1.29 is 0 Å². The lowest BCUT2D eigenvalue weighted by atomic mass is 10.0. The molecule has 2 nitrogen and oxygen atoms in total. The molecule has 0 radical (unpaired) electrons. The topological polar surface area (TPSA) is 16.1 Å². The van der Waals surface area contributed by atoms with E-state index in [1.165, 1.54) is 19.3 Å². The summed E-state index contributed by atoms with van der Waals surface area (Å²) in [7, 11) is 0. The smallest absolute Gasteiger partial charge is 0.0822 e. The van der Waals surface area contributed by atoms with E-state index < -0.39 is 0 Å². The highest BCUT2D eigenvalue weighted by atomic mass is 35.5. The zero-order chi connectivity index (χ0) is 10.7. The van der Waals surface area contributed by atoms with E-state index in [2.05, 4.69) is 16.8 Å². The van der Waals surface area contributed by atoms with E-state index in [4.69, 9.17) is 11.6 Å². The molecule has 1 aromatic heterocycles. The first-order valence-electron chi connectivity index (χ1n) is 5.62. The van der Waals surface area contributed by atoms with E-state index in [0.717, 1.165) is 29.7 Å². The fourth-order valence-electron chi connectivity index (χ4n) is 2.13. The molecule has 1 atom stereocenters. The minimum Gasteiger partial charge on any atom is -0.370 e. The number of hydrogen-bond donors (Lipinski definition) is 0. The predicted molar refractivity (Wildman–Crippen MR) is 64.5 cm³/mol. The van der Waals surface area contributed by atoms with E-state index in [9.17, 15) is 0 Å². The third kappa shape index (κ3) is 2.63. The normalized spacial score (nSPS) is 22.5. The lowest BCUT2D eigenvalue weighted by Gasteiger charge is -2.23. The Balaban J connectivity index is 2.13. The van der Waals surface area contributed by atoms with Gasteiger partial charge in [-0.2, -0.15) is 0 Å². The molecule has 15 heavy (non-hydrogen) atoms. The van der Waals surface area contributed by atoms with Gasteiger partial charge in [0, 0.05) is 25.5 Å². The Morgan fingerprint density at radius 1 is 1.40 bits per heavy atom. The van der Waals surface area contributed by atoms with Gasteiger partial charge in [0.05, 0.1) is 10.7 Å². The second-order valence-corrected chi connectivity index (χ2v) is 4.76. The van der Waals surface area contributed by atoms with Crippen molar-refractivity contribution in [2.45, 2.75) is 26.2 Å². The minimum atomic E-state index is 0.770. The van der Waals surface area contributed by atoms with Crippen LogP contribution in [0.1, 0.15) is 26.2 Å². The summed E-state index contributed by atoms with van der Waals surface area (Å²) in [5.41, 5.74) is 1.14. The van der Waals surface area contributed by atoms with Gasteiger partial charge in [-0.25, -0.2) is 0 Å². The van der Waals surface area contributed by atoms with E-state index in [-0.39, 0.29) is 0 Å². The van der Waals surface area contributed by atoms with Gasteiger partial charge in [-0.3, -0.25) is 4.98 Å². The van der Waals surface area contributed by atoms with Crippen molar-refractivity contribution in [3.8, 4) is 0 Å². The lowest BCUT2D eigenvalue weighted by Crippen LogP contribution is -2.24. The number of halogens is 1. The van der Waals surface area contributed by atoms with Crippen LogP contribution in [0.5, 0.6) is 0 Å². The molecule has 0 N–H and O–H groups in total. The fourth-order valence-corrected chi connectivity index (χ4v) is 2.37. The molecule has 1 aromatic rings. The Morgan fingerprint density at radius 2 is 2.27 bits per heavy atom. The minimum absolute atomic E-state index is 0.770. The molecular formula is C12H17ClN2. The molecule has 1 unspecified atom stereocenters. The predicted octanol–water partition coefficient (Wildman–Crippen LogP) is 3.36. The van der Waals surface area contributed by atoms with E-state index in [1.54, 1.807) is 6.20 Å². The number of pyridine rings is 1. The summed E-state index contributed by atoms with van der Waals surface area (Å²) in [5, 5.41) is 0.770. The summed E-state index contributed by atoms with van der Waals surface area (Å²) in [6, 6.07) is 2.01. The van der Waals surface area contributed by atoms with Crippen LogP contribution in [0.3, 0.4) is 0 Å². The molecule has 1 aliphatic heterocycles. The van der Waals surface area contributed by atoms with Crippen molar-refractivity contribution in [1.82, 2.24) is 4.98 Å². The van der Waals surface area contributed by atoms with Gasteiger partial charge >= 0.3 is 0 Å². The highest BCUT2D eigenvalue weighted by molar-refractivity contribution is 6.33. The quantitative estimate of drug-likeness (QED) is 0.727. The van der Waals surface area contributed by atoms with Gasteiger partial charge in [0.25, 0.3) is 0 Å². The van der Waals surface area contributed by atoms with E-state index >= 15 is 0 Å². The molecule has 1 fully saturated rings. The molecular weight excluding hydrogens is 208 g/mol. The largest absolute Gasteiger partial charge is 0.370 e. The van der Waals surface area contributed by atoms with Crippen LogP contribution >= 0.6 is 11.6 Å². The van der Waals surface area contributed by atoms with Crippen LogP contribution in [0, 0.1) is 5.92 Å². The first-order chi connectivity index (χ1) is 7.27. The van der Waals surface area contributed by atoms with E-state index in [0.29, 0.717) is 0 Å². The molecule has 1 saturated heterocycles. The summed E-state index contributed by atoms with van der Waals surface area (Å²) >= 11 is 6.14. The molecule has 2 heterocycles. The molecule has 3 heteroatoms. The maximum Gasteiger partial charge on any atom is 0.0822 e. The zero-order valence-corrected chi connectivity index (χ0v) is 9.87. The Labute approximate surface area is 96.3 Å². The van der Waals surface area contributed by atoms with Gasteiger partial charge in [0.2, 0.25) is 0 Å². The second kappa shape index (κ2) is 4.84. The molecule has 0 saturated carbocycles. The van der Waals surface area contributed by atoms with Gasteiger partial charge in [0.15, 0.2) is 0 Å². The number of rotatable bonds is 1. The Hall–Kier alpha value is -0.760. The Kier molecular flexibility index (Phi) is 3.47. The Morgan fingerprint density at radius 3 is 3.07 bits per heavy atom. The standard InChI is InChI=1S/C12H17ClN2/c1-10-3-2-7-15(8-5-10)12-4-6-14-9-11(12)13/h4,6,9-10H,2-3,5,7-8H2,1H3. The summed E-state index contributed by atoms with van der Waals surface area (Å²) in [6.45, 7) is 4.57. The summed E-state index contributed by atoms with van der Waals surface area (Å²) in [4.78, 5) is 6.40. The number of aromatic nitrogens is 1. The van der Waals surface area contributed by atoms with Crippen LogP contribution < -0.4 is 4.90 Å². The molecule has 0 amide bonds. The molecule has 2 rings (SSSR count). The SMILES string of the molecule is CC1CCCN(c2ccncc2Cl)CC1. The average Bonchev–Trinajstić information content (AvgIpc) is 2.44. The van der Waals surface area contributed by atoms with E-state index in [1.807, 2.05) is 12.3 Å². The van der Waals surface area contributed by atoms with Crippen molar-refractivity contribution >= 4 is 17.3 Å². The van der Waals surface area contributed by atoms with Crippen LogP contribution in [0.4, 0.5) is 5.69 Å². The van der Waals surface area contributed by atoms with Crippen LogP contribution in [0.15, 0.2) is 18.5 Å². The van der Waals surface area contributed by atoms with Crippen molar-refractivity contribution in [2.24, 2.45) is 5.92 Å². The molecule has 0 aromatic carbocycles. The summed E-state index contributed by atoms with van der Waals surface area (Å²) in [6.07, 6.45) is 7.40. The lowest BCUT2D eigenvalue weighted by molar-refractivity contribution is 0.521. The molecule has 0 spiro atoms. The summed E-state index contributed by atoms with van der Waals surface area (Å²) in [5.74, 6) is 0.843. The van der Waals surface area contributed by atoms with Gasteiger partial charge in [0.1, 0.15) is 0 Å². The van der Waals surface area contributed by atoms with Crippen molar-refractivity contribution in [1.29, 1.82) is 0 Å². The highest BCUT2D eigenvalue weighted by Gasteiger charge is 2.15. The zero-order valence-electron chi connectivity index (χ0n) is 9.12. The van der Waals surface area contributed by atoms with Crippen LogP contribution in [-0.2, 0) is 0 Å². The average molecular weight is 225 g/mol. The Bertz CT molecular complexity index is 327. The van der Waals surface area contributed by atoms with Crippen LogP contribution in [0.2, 0.25) is 5.02 Å². The number of anilines is 1. The first-order valence-corrected chi connectivity index (χ1v) is 5.99. The summed E-state index contributed by atoms with van der Waals surface area (Å²) < 4.78 is 0. The molecule has 82 valence electrons. The van der Waals surface area contributed by atoms with Crippen molar-refractivity contribution in [2.75, 3.05) is 18.0 Å². The van der Waals surface area contributed by atoms with Gasteiger partial charge in [-0.15, -0.1) is 0 Å². The van der Waals surface area contributed by atoms with Crippen molar-refractivity contribution in [3.05, 3.63) is 23.5 Å². The number of hydrogen-bond acceptors (Lipinski definition) is 2. The van der Waals surface area contributed by atoms with Crippen LogP contribution in [-0.4, -0.2) is 18.1 Å². The van der Waals surface area contributed by atoms with Crippen LogP contribution in [0.25, 0.3) is 0 Å².